The van der Waals surface area contributed by atoms with Crippen molar-refractivity contribution in [2.75, 3.05) is 19.7 Å². The molecular weight excluding hydrogens is 372 g/mol. The molecule has 24 heavy (non-hydrogen) atoms. The van der Waals surface area contributed by atoms with Crippen LogP contribution in [0.1, 0.15) is 17.3 Å². The number of amides is 2. The number of halogens is 5. The van der Waals surface area contributed by atoms with Gasteiger partial charge in [0.25, 0.3) is 5.91 Å². The Morgan fingerprint density at radius 3 is 2.38 bits per heavy atom. The largest absolute Gasteiger partial charge is 0.411 e. The molecule has 0 saturated carbocycles. The van der Waals surface area contributed by atoms with E-state index in [4.69, 9.17) is 23.2 Å². The molecule has 0 saturated heterocycles. The van der Waals surface area contributed by atoms with Crippen LogP contribution in [0.25, 0.3) is 0 Å². The normalized spacial score (nSPS) is 12.6. The van der Waals surface area contributed by atoms with Crippen molar-refractivity contribution in [3.05, 3.63) is 33.8 Å². The van der Waals surface area contributed by atoms with Crippen LogP contribution in [0, 0.1) is 0 Å². The van der Waals surface area contributed by atoms with Crippen LogP contribution in [0.3, 0.4) is 0 Å². The molecule has 0 aliphatic carbocycles. The molecule has 134 valence electrons. The van der Waals surface area contributed by atoms with Crippen molar-refractivity contribution in [1.29, 1.82) is 0 Å². The Labute approximate surface area is 146 Å². The summed E-state index contributed by atoms with van der Waals surface area (Å²) in [5.74, 6) is -1.13. The lowest BCUT2D eigenvalue weighted by atomic mass is 10.2. The first-order valence-corrected chi connectivity index (χ1v) is 7.55. The van der Waals surface area contributed by atoms with Gasteiger partial charge >= 0.3 is 6.18 Å². The van der Waals surface area contributed by atoms with Crippen LogP contribution >= 0.6 is 23.2 Å². The van der Waals surface area contributed by atoms with Crippen molar-refractivity contribution in [3.8, 4) is 0 Å². The van der Waals surface area contributed by atoms with E-state index in [-0.39, 0.29) is 23.7 Å². The Hall–Kier alpha value is -1.51. The summed E-state index contributed by atoms with van der Waals surface area (Å²) in [6.45, 7) is -0.187. The summed E-state index contributed by atoms with van der Waals surface area (Å²) in [6.07, 6.45) is -5.75. The molecule has 5 nitrogen and oxygen atoms in total. The van der Waals surface area contributed by atoms with E-state index in [9.17, 15) is 22.8 Å². The van der Waals surface area contributed by atoms with E-state index >= 15 is 0 Å². The van der Waals surface area contributed by atoms with Crippen LogP contribution < -0.4 is 10.6 Å². The Morgan fingerprint density at radius 1 is 1.17 bits per heavy atom. The van der Waals surface area contributed by atoms with E-state index < -0.39 is 30.7 Å². The zero-order valence-electron chi connectivity index (χ0n) is 12.5. The van der Waals surface area contributed by atoms with Crippen LogP contribution in [0.5, 0.6) is 0 Å². The van der Waals surface area contributed by atoms with Crippen LogP contribution in [-0.2, 0) is 9.53 Å². The quantitative estimate of drug-likeness (QED) is 0.708. The second-order valence-corrected chi connectivity index (χ2v) is 5.56. The van der Waals surface area contributed by atoms with Crippen molar-refractivity contribution < 1.29 is 27.5 Å². The lowest BCUT2D eigenvalue weighted by Gasteiger charge is -2.14. The summed E-state index contributed by atoms with van der Waals surface area (Å²) in [6, 6.07) is 4.35. The molecule has 0 aromatic heterocycles. The molecule has 1 aromatic rings. The Morgan fingerprint density at radius 2 is 1.79 bits per heavy atom. The fourth-order valence-corrected chi connectivity index (χ4v) is 1.84. The van der Waals surface area contributed by atoms with Gasteiger partial charge in [-0.1, -0.05) is 23.2 Å². The smallest absolute Gasteiger partial charge is 0.359 e. The number of alkyl halides is 3. The van der Waals surface area contributed by atoms with E-state index in [0.717, 1.165) is 0 Å². The minimum absolute atomic E-state index is 0.0333. The number of nitrogens with one attached hydrogen (secondary N) is 2. The van der Waals surface area contributed by atoms with Crippen molar-refractivity contribution in [1.82, 2.24) is 10.6 Å². The first-order chi connectivity index (χ1) is 11.1. The second kappa shape index (κ2) is 9.10. The van der Waals surface area contributed by atoms with E-state index in [1.165, 1.54) is 25.1 Å². The molecule has 0 spiro atoms. The zero-order chi connectivity index (χ0) is 18.3. The Balaban J connectivity index is 2.30. The highest BCUT2D eigenvalue weighted by atomic mass is 35.5. The lowest BCUT2D eigenvalue weighted by Crippen LogP contribution is -2.40. The fourth-order valence-electron chi connectivity index (χ4n) is 1.54. The van der Waals surface area contributed by atoms with Gasteiger partial charge in [-0.3, -0.25) is 9.59 Å². The molecule has 1 rings (SSSR count). The molecule has 0 aliphatic rings. The van der Waals surface area contributed by atoms with Gasteiger partial charge in [-0.15, -0.1) is 0 Å². The first-order valence-electron chi connectivity index (χ1n) is 6.79. The minimum atomic E-state index is -4.50. The minimum Gasteiger partial charge on any atom is -0.359 e. The number of ether oxygens (including phenoxy) is 1. The predicted molar refractivity (Wildman–Crippen MR) is 83.3 cm³/mol. The summed E-state index contributed by atoms with van der Waals surface area (Å²) in [4.78, 5) is 23.3. The third-order valence-corrected chi connectivity index (χ3v) is 3.50. The molecule has 2 amide bonds. The average Bonchev–Trinajstić information content (AvgIpc) is 2.50. The van der Waals surface area contributed by atoms with E-state index in [1.807, 2.05) is 0 Å². The lowest BCUT2D eigenvalue weighted by molar-refractivity contribution is -0.185. The summed E-state index contributed by atoms with van der Waals surface area (Å²) in [7, 11) is 0. The topological polar surface area (TPSA) is 67.4 Å². The number of hydrogen-bond acceptors (Lipinski definition) is 3. The first kappa shape index (κ1) is 20.5. The van der Waals surface area contributed by atoms with Gasteiger partial charge in [0.05, 0.1) is 10.0 Å². The molecule has 1 atom stereocenters. The number of carbonyl (C=O) groups excluding carboxylic acids is 2. The maximum absolute atomic E-state index is 12.0. The van der Waals surface area contributed by atoms with Crippen LogP contribution in [0.4, 0.5) is 13.2 Å². The summed E-state index contributed by atoms with van der Waals surface area (Å²) in [5, 5.41) is 5.42. The third kappa shape index (κ3) is 7.37. The zero-order valence-corrected chi connectivity index (χ0v) is 14.1. The molecule has 2 N–H and O–H groups in total. The average molecular weight is 387 g/mol. The number of rotatable bonds is 7. The Bertz CT molecular complexity index is 597. The van der Waals surface area contributed by atoms with Gasteiger partial charge in [0, 0.05) is 18.7 Å². The molecule has 1 unspecified atom stereocenters. The standard InChI is InChI=1S/C14H15Cl2F3N2O3/c1-8(24-7-14(17,18)19)12(22)20-4-5-21-13(23)9-2-3-10(15)11(16)6-9/h2-3,6,8H,4-5,7H2,1H3,(H,20,22)(H,21,23). The van der Waals surface area contributed by atoms with E-state index in [0.29, 0.717) is 5.02 Å². The van der Waals surface area contributed by atoms with Crippen molar-refractivity contribution in [2.24, 2.45) is 0 Å². The highest BCUT2D eigenvalue weighted by molar-refractivity contribution is 6.42. The maximum atomic E-state index is 12.0. The summed E-state index contributed by atoms with van der Waals surface area (Å²) >= 11 is 11.5. The highest BCUT2D eigenvalue weighted by Gasteiger charge is 2.29. The molecule has 10 heteroatoms. The fraction of sp³-hybridized carbons (Fsp3) is 0.429. The maximum Gasteiger partial charge on any atom is 0.411 e. The number of carbonyl (C=O) groups is 2. The van der Waals surface area contributed by atoms with Gasteiger partial charge in [-0.05, 0) is 25.1 Å². The Kier molecular flexibility index (Phi) is 7.78. The molecule has 1 aromatic carbocycles. The van der Waals surface area contributed by atoms with Gasteiger partial charge in [0.2, 0.25) is 5.91 Å². The molecule has 0 heterocycles. The third-order valence-electron chi connectivity index (χ3n) is 2.76. The molecule has 0 radical (unpaired) electrons. The van der Waals surface area contributed by atoms with Gasteiger partial charge in [0.15, 0.2) is 0 Å². The highest BCUT2D eigenvalue weighted by Crippen LogP contribution is 2.22. The molecule has 0 fully saturated rings. The van der Waals surface area contributed by atoms with Crippen LogP contribution in [0.2, 0.25) is 10.0 Å². The number of benzene rings is 1. The molecule has 0 aliphatic heterocycles. The van der Waals surface area contributed by atoms with Crippen molar-refractivity contribution >= 4 is 35.0 Å². The van der Waals surface area contributed by atoms with Gasteiger partial charge < -0.3 is 15.4 Å². The molecule has 0 bridgehead atoms. The van der Waals surface area contributed by atoms with Crippen LogP contribution in [-0.4, -0.2) is 43.8 Å². The van der Waals surface area contributed by atoms with Gasteiger partial charge in [0.1, 0.15) is 12.7 Å². The monoisotopic (exact) mass is 386 g/mol. The van der Waals surface area contributed by atoms with E-state index in [1.54, 1.807) is 0 Å². The van der Waals surface area contributed by atoms with Gasteiger partial charge in [-0.2, -0.15) is 13.2 Å². The summed E-state index contributed by atoms with van der Waals surface area (Å²) in [5.41, 5.74) is 0.289. The second-order valence-electron chi connectivity index (χ2n) is 4.74. The number of hydrogen-bond donors (Lipinski definition) is 2. The van der Waals surface area contributed by atoms with E-state index in [2.05, 4.69) is 15.4 Å². The summed E-state index contributed by atoms with van der Waals surface area (Å²) < 4.78 is 40.3. The van der Waals surface area contributed by atoms with Crippen molar-refractivity contribution in [3.63, 3.8) is 0 Å². The van der Waals surface area contributed by atoms with Crippen molar-refractivity contribution in [2.45, 2.75) is 19.2 Å². The SMILES string of the molecule is CC(OCC(F)(F)F)C(=O)NCCNC(=O)c1ccc(Cl)c(Cl)c1. The molecular formula is C14H15Cl2F3N2O3. The predicted octanol–water partition coefficient (Wildman–Crippen LogP) is 2.81. The van der Waals surface area contributed by atoms with Gasteiger partial charge in [-0.25, -0.2) is 0 Å². The van der Waals surface area contributed by atoms with Crippen LogP contribution in [0.15, 0.2) is 18.2 Å².